The predicted octanol–water partition coefficient (Wildman–Crippen LogP) is 1.69. The van der Waals surface area contributed by atoms with E-state index >= 15 is 0 Å². The second-order valence-corrected chi connectivity index (χ2v) is 5.22. The quantitative estimate of drug-likeness (QED) is 0.677. The van der Waals surface area contributed by atoms with Crippen molar-refractivity contribution in [3.63, 3.8) is 0 Å². The van der Waals surface area contributed by atoms with E-state index in [1.165, 1.54) is 0 Å². The first-order chi connectivity index (χ1) is 7.58. The molecular formula is C10H10BrIN2O2. The van der Waals surface area contributed by atoms with Gasteiger partial charge in [0.1, 0.15) is 6.07 Å². The second kappa shape index (κ2) is 6.39. The lowest BCUT2D eigenvalue weighted by Gasteiger charge is -2.13. The van der Waals surface area contributed by atoms with Gasteiger partial charge in [-0.3, -0.25) is 0 Å². The van der Waals surface area contributed by atoms with Gasteiger partial charge >= 0.3 is 0 Å². The summed E-state index contributed by atoms with van der Waals surface area (Å²) in [5, 5.41) is 29.8. The average Bonchev–Trinajstić information content (AvgIpc) is 2.26. The summed E-state index contributed by atoms with van der Waals surface area (Å²) in [5.41, 5.74) is 1.18. The van der Waals surface area contributed by atoms with E-state index in [1.54, 1.807) is 6.07 Å². The van der Waals surface area contributed by atoms with E-state index in [2.05, 4.69) is 49.9 Å². The van der Waals surface area contributed by atoms with Crippen LogP contribution in [0.3, 0.4) is 0 Å². The van der Waals surface area contributed by atoms with E-state index in [0.29, 0.717) is 11.3 Å². The molecule has 16 heavy (non-hydrogen) atoms. The molecule has 0 saturated heterocycles. The van der Waals surface area contributed by atoms with Crippen molar-refractivity contribution in [2.75, 3.05) is 18.5 Å². The maximum Gasteiger partial charge on any atom is 0.101 e. The number of nitrogens with one attached hydrogen (secondary N) is 1. The Kier molecular flexibility index (Phi) is 5.48. The molecule has 0 heterocycles. The summed E-state index contributed by atoms with van der Waals surface area (Å²) in [6.45, 7) is -0.0925. The Morgan fingerprint density at radius 3 is 2.81 bits per heavy atom. The molecule has 4 nitrogen and oxygen atoms in total. The zero-order valence-electron chi connectivity index (χ0n) is 8.24. The summed E-state index contributed by atoms with van der Waals surface area (Å²) in [4.78, 5) is 0. The van der Waals surface area contributed by atoms with Crippen molar-refractivity contribution >= 4 is 44.2 Å². The standard InChI is InChI=1S/C10H10BrIN2O2/c11-7-1-6(3-13)10(9(12)2-7)14-4-8(16)5-15/h1-2,8,14-16H,4-5H2. The first kappa shape index (κ1) is 13.7. The van der Waals surface area contributed by atoms with Gasteiger partial charge in [0.05, 0.1) is 24.0 Å². The predicted molar refractivity (Wildman–Crippen MR) is 73.2 cm³/mol. The molecule has 0 aliphatic heterocycles. The van der Waals surface area contributed by atoms with E-state index in [-0.39, 0.29) is 13.2 Å². The van der Waals surface area contributed by atoms with Crippen molar-refractivity contribution in [1.82, 2.24) is 0 Å². The first-order valence-corrected chi connectivity index (χ1v) is 6.37. The summed E-state index contributed by atoms with van der Waals surface area (Å²) >= 11 is 5.41. The van der Waals surface area contributed by atoms with Gasteiger partial charge in [0.25, 0.3) is 0 Å². The first-order valence-electron chi connectivity index (χ1n) is 4.50. The third kappa shape index (κ3) is 3.59. The van der Waals surface area contributed by atoms with E-state index in [9.17, 15) is 5.11 Å². The molecule has 3 N–H and O–H groups in total. The number of benzene rings is 1. The number of anilines is 1. The molecule has 0 bridgehead atoms. The van der Waals surface area contributed by atoms with Gasteiger partial charge in [-0.2, -0.15) is 5.26 Å². The minimum absolute atomic E-state index is 0.211. The maximum atomic E-state index is 9.22. The third-order valence-corrected chi connectivity index (χ3v) is 3.21. The van der Waals surface area contributed by atoms with Crippen molar-refractivity contribution in [1.29, 1.82) is 5.26 Å². The fourth-order valence-electron chi connectivity index (χ4n) is 1.13. The molecule has 0 amide bonds. The molecule has 1 aromatic carbocycles. The molecule has 0 spiro atoms. The minimum atomic E-state index is -0.828. The molecule has 0 fully saturated rings. The SMILES string of the molecule is N#Cc1cc(Br)cc(I)c1NCC(O)CO. The Labute approximate surface area is 116 Å². The van der Waals surface area contributed by atoms with Crippen LogP contribution in [0.2, 0.25) is 0 Å². The van der Waals surface area contributed by atoms with Crippen molar-refractivity contribution in [2.24, 2.45) is 0 Å². The van der Waals surface area contributed by atoms with Gasteiger partial charge in [-0.25, -0.2) is 0 Å². The average molecular weight is 397 g/mol. The molecule has 1 aromatic rings. The Hall–Kier alpha value is -0.360. The van der Waals surface area contributed by atoms with Crippen molar-refractivity contribution in [3.8, 4) is 6.07 Å². The fourth-order valence-corrected chi connectivity index (χ4v) is 2.83. The molecule has 1 rings (SSSR count). The summed E-state index contributed by atoms with van der Waals surface area (Å²) in [6, 6.07) is 5.65. The van der Waals surface area contributed by atoms with Crippen LogP contribution >= 0.6 is 38.5 Å². The lowest BCUT2D eigenvalue weighted by molar-refractivity contribution is 0.105. The Bertz CT molecular complexity index is 420. The minimum Gasteiger partial charge on any atom is -0.394 e. The van der Waals surface area contributed by atoms with Gasteiger partial charge in [-0.05, 0) is 34.7 Å². The lowest BCUT2D eigenvalue weighted by atomic mass is 10.2. The second-order valence-electron chi connectivity index (χ2n) is 3.14. The van der Waals surface area contributed by atoms with Crippen LogP contribution in [-0.2, 0) is 0 Å². The zero-order chi connectivity index (χ0) is 12.1. The van der Waals surface area contributed by atoms with Crippen LogP contribution in [0.15, 0.2) is 16.6 Å². The molecule has 0 aliphatic carbocycles. The molecular weight excluding hydrogens is 387 g/mol. The van der Waals surface area contributed by atoms with Crippen LogP contribution < -0.4 is 5.32 Å². The number of nitrogens with zero attached hydrogens (tertiary/aromatic N) is 1. The molecule has 0 saturated carbocycles. The highest BCUT2D eigenvalue weighted by Crippen LogP contribution is 2.27. The van der Waals surface area contributed by atoms with Gasteiger partial charge in [-0.1, -0.05) is 15.9 Å². The highest BCUT2D eigenvalue weighted by atomic mass is 127. The molecule has 0 aliphatic rings. The van der Waals surface area contributed by atoms with Gasteiger partial charge < -0.3 is 15.5 Å². The topological polar surface area (TPSA) is 76.3 Å². The Morgan fingerprint density at radius 1 is 1.56 bits per heavy atom. The molecule has 86 valence electrons. The smallest absolute Gasteiger partial charge is 0.101 e. The van der Waals surface area contributed by atoms with Crippen molar-refractivity contribution in [3.05, 3.63) is 25.7 Å². The monoisotopic (exact) mass is 396 g/mol. The Morgan fingerprint density at radius 2 is 2.25 bits per heavy atom. The normalized spacial score (nSPS) is 11.9. The zero-order valence-corrected chi connectivity index (χ0v) is 12.0. The summed E-state index contributed by atoms with van der Waals surface area (Å²) < 4.78 is 1.72. The maximum absolute atomic E-state index is 9.22. The van der Waals surface area contributed by atoms with Gasteiger partial charge in [0.2, 0.25) is 0 Å². The number of aliphatic hydroxyl groups is 2. The molecule has 1 atom stereocenters. The van der Waals surface area contributed by atoms with E-state index in [4.69, 9.17) is 10.4 Å². The molecule has 6 heteroatoms. The van der Waals surface area contributed by atoms with Crippen LogP contribution in [-0.4, -0.2) is 29.5 Å². The van der Waals surface area contributed by atoms with Crippen LogP contribution in [0.1, 0.15) is 5.56 Å². The fraction of sp³-hybridized carbons (Fsp3) is 0.300. The van der Waals surface area contributed by atoms with E-state index < -0.39 is 6.10 Å². The number of hydrogen-bond donors (Lipinski definition) is 3. The van der Waals surface area contributed by atoms with E-state index in [0.717, 1.165) is 8.04 Å². The highest BCUT2D eigenvalue weighted by Gasteiger charge is 2.09. The number of aliphatic hydroxyl groups excluding tert-OH is 2. The molecule has 1 unspecified atom stereocenters. The number of rotatable bonds is 4. The van der Waals surface area contributed by atoms with E-state index in [1.807, 2.05) is 6.07 Å². The van der Waals surface area contributed by atoms with Crippen LogP contribution in [0, 0.1) is 14.9 Å². The number of hydrogen-bond acceptors (Lipinski definition) is 4. The Balaban J connectivity index is 2.91. The largest absolute Gasteiger partial charge is 0.394 e. The number of halogens is 2. The van der Waals surface area contributed by atoms with Crippen molar-refractivity contribution in [2.45, 2.75) is 6.10 Å². The lowest BCUT2D eigenvalue weighted by Crippen LogP contribution is -2.23. The summed E-state index contributed by atoms with van der Waals surface area (Å²) in [7, 11) is 0. The summed E-state index contributed by atoms with van der Waals surface area (Å²) in [6.07, 6.45) is -0.828. The summed E-state index contributed by atoms with van der Waals surface area (Å²) in [5.74, 6) is 0. The highest BCUT2D eigenvalue weighted by molar-refractivity contribution is 14.1. The van der Waals surface area contributed by atoms with Crippen LogP contribution in [0.25, 0.3) is 0 Å². The van der Waals surface area contributed by atoms with Gasteiger partial charge in [0.15, 0.2) is 0 Å². The number of nitriles is 1. The van der Waals surface area contributed by atoms with Crippen LogP contribution in [0.4, 0.5) is 5.69 Å². The molecule has 0 radical (unpaired) electrons. The molecule has 0 aromatic heterocycles. The third-order valence-electron chi connectivity index (χ3n) is 1.90. The van der Waals surface area contributed by atoms with Crippen molar-refractivity contribution < 1.29 is 10.2 Å². The van der Waals surface area contributed by atoms with Gasteiger partial charge in [-0.15, -0.1) is 0 Å². The van der Waals surface area contributed by atoms with Crippen LogP contribution in [0.5, 0.6) is 0 Å². The van der Waals surface area contributed by atoms with Gasteiger partial charge in [0, 0.05) is 14.6 Å².